The molecule has 228 valence electrons. The van der Waals surface area contributed by atoms with Gasteiger partial charge < -0.3 is 13.4 Å². The van der Waals surface area contributed by atoms with Crippen LogP contribution in [0.5, 0.6) is 0 Å². The fraction of sp³-hybridized carbons (Fsp3) is 0. The summed E-state index contributed by atoms with van der Waals surface area (Å²) in [6, 6.07) is 52.3. The van der Waals surface area contributed by atoms with E-state index in [-0.39, 0.29) is 0 Å². The number of benzene rings is 7. The Morgan fingerprint density at radius 3 is 2.04 bits per heavy atom. The van der Waals surface area contributed by atoms with Crippen LogP contribution in [0.2, 0.25) is 0 Å². The first-order chi connectivity index (χ1) is 24.3. The Labute approximate surface area is 279 Å². The Kier molecular flexibility index (Phi) is 5.32. The zero-order valence-corrected chi connectivity index (χ0v) is 26.1. The number of rotatable bonds is 3. The SMILES string of the molecule is c1ccc(-c2nc(-c3cccc4c3oc3ccc5c(c6ccccc6n5-c5ccccc5)c34)nc3ccc4c5ccccc5oc4c23)cc1. The van der Waals surface area contributed by atoms with Gasteiger partial charge in [0.15, 0.2) is 5.82 Å². The second-order valence-corrected chi connectivity index (χ2v) is 12.5. The van der Waals surface area contributed by atoms with Gasteiger partial charge >= 0.3 is 0 Å². The zero-order chi connectivity index (χ0) is 32.1. The smallest absolute Gasteiger partial charge is 0.164 e. The second kappa shape index (κ2) is 9.89. The van der Waals surface area contributed by atoms with Gasteiger partial charge in [0, 0.05) is 43.6 Å². The normalized spacial score (nSPS) is 12.1. The molecule has 0 unspecified atom stereocenters. The molecule has 5 nitrogen and oxygen atoms in total. The van der Waals surface area contributed by atoms with E-state index in [1.54, 1.807) is 0 Å². The third kappa shape index (κ3) is 3.70. The number of hydrogen-bond acceptors (Lipinski definition) is 4. The van der Waals surface area contributed by atoms with Crippen molar-refractivity contribution in [2.24, 2.45) is 0 Å². The first kappa shape index (κ1) is 26.4. The average Bonchev–Trinajstić information content (AvgIpc) is 3.84. The highest BCUT2D eigenvalue weighted by molar-refractivity contribution is 6.28. The highest BCUT2D eigenvalue weighted by Crippen LogP contribution is 2.44. The maximum Gasteiger partial charge on any atom is 0.164 e. The molecule has 0 N–H and O–H groups in total. The van der Waals surface area contributed by atoms with Gasteiger partial charge in [-0.25, -0.2) is 9.97 Å². The summed E-state index contributed by atoms with van der Waals surface area (Å²) in [6.45, 7) is 0. The first-order valence-corrected chi connectivity index (χ1v) is 16.4. The van der Waals surface area contributed by atoms with E-state index < -0.39 is 0 Å². The molecule has 5 heteroatoms. The Morgan fingerprint density at radius 1 is 0.429 bits per heavy atom. The van der Waals surface area contributed by atoms with E-state index in [9.17, 15) is 0 Å². The van der Waals surface area contributed by atoms with E-state index in [1.165, 1.54) is 10.8 Å². The minimum Gasteiger partial charge on any atom is -0.455 e. The molecule has 0 amide bonds. The molecular formula is C44H25N3O2. The molecule has 4 heterocycles. The number of hydrogen-bond donors (Lipinski definition) is 0. The number of nitrogens with zero attached hydrogens (tertiary/aromatic N) is 3. The fourth-order valence-corrected chi connectivity index (χ4v) is 7.71. The van der Waals surface area contributed by atoms with Gasteiger partial charge in [-0.1, -0.05) is 97.1 Å². The molecule has 0 saturated carbocycles. The van der Waals surface area contributed by atoms with Crippen molar-refractivity contribution >= 4 is 76.6 Å². The van der Waals surface area contributed by atoms with Gasteiger partial charge in [0.2, 0.25) is 0 Å². The first-order valence-electron chi connectivity index (χ1n) is 16.4. The predicted molar refractivity (Wildman–Crippen MR) is 199 cm³/mol. The summed E-state index contributed by atoms with van der Waals surface area (Å²) >= 11 is 0. The van der Waals surface area contributed by atoms with Crippen molar-refractivity contribution in [3.05, 3.63) is 152 Å². The van der Waals surface area contributed by atoms with Gasteiger partial charge in [-0.2, -0.15) is 0 Å². The van der Waals surface area contributed by atoms with Crippen molar-refractivity contribution in [3.8, 4) is 28.3 Å². The summed E-state index contributed by atoms with van der Waals surface area (Å²) in [4.78, 5) is 10.5. The van der Waals surface area contributed by atoms with Crippen LogP contribution in [-0.2, 0) is 0 Å². The second-order valence-electron chi connectivity index (χ2n) is 12.5. The van der Waals surface area contributed by atoms with E-state index in [0.717, 1.165) is 88.3 Å². The van der Waals surface area contributed by atoms with Gasteiger partial charge in [-0.3, -0.25) is 0 Å². The molecule has 7 aromatic carbocycles. The molecule has 4 aromatic heterocycles. The highest BCUT2D eigenvalue weighted by Gasteiger charge is 2.23. The predicted octanol–water partition coefficient (Wildman–Crippen LogP) is 11.9. The minimum absolute atomic E-state index is 0.606. The van der Waals surface area contributed by atoms with Crippen LogP contribution in [-0.4, -0.2) is 14.5 Å². The van der Waals surface area contributed by atoms with E-state index in [2.05, 4.69) is 120 Å². The van der Waals surface area contributed by atoms with Crippen LogP contribution in [0, 0.1) is 0 Å². The maximum atomic E-state index is 6.77. The topological polar surface area (TPSA) is 57.0 Å². The molecule has 0 spiro atoms. The molecule has 0 radical (unpaired) electrons. The molecule has 0 aliphatic rings. The van der Waals surface area contributed by atoms with Crippen LogP contribution in [0.15, 0.2) is 160 Å². The van der Waals surface area contributed by atoms with Gasteiger partial charge in [0.25, 0.3) is 0 Å². The van der Waals surface area contributed by atoms with Gasteiger partial charge in [0.1, 0.15) is 22.3 Å². The lowest BCUT2D eigenvalue weighted by molar-refractivity contribution is 0.670. The largest absolute Gasteiger partial charge is 0.455 e. The van der Waals surface area contributed by atoms with Crippen LogP contribution in [0.3, 0.4) is 0 Å². The van der Waals surface area contributed by atoms with Crippen LogP contribution in [0.4, 0.5) is 0 Å². The van der Waals surface area contributed by atoms with Crippen LogP contribution in [0.25, 0.3) is 105 Å². The van der Waals surface area contributed by atoms with Gasteiger partial charge in [-0.05, 0) is 54.6 Å². The third-order valence-electron chi connectivity index (χ3n) is 9.81. The number of aromatic nitrogens is 3. The number of furan rings is 2. The lowest BCUT2D eigenvalue weighted by Gasteiger charge is -2.10. The molecule has 0 saturated heterocycles. The van der Waals surface area contributed by atoms with Gasteiger partial charge in [0.05, 0.1) is 33.2 Å². The van der Waals surface area contributed by atoms with Crippen molar-refractivity contribution in [1.29, 1.82) is 0 Å². The molecule has 11 rings (SSSR count). The standard InChI is InChI=1S/C44H25N3O2/c1-3-12-26(13-4-1)41-40-33(23-22-29-28-16-8-10-21-36(28)48-43(29)40)45-44(46-41)32-19-11-18-31-39-37(49-42(31)32)25-24-35-38(39)30-17-7-9-20-34(30)47(35)27-14-5-2-6-15-27/h1-25H. The molecule has 0 aliphatic heterocycles. The van der Waals surface area contributed by atoms with Crippen molar-refractivity contribution in [3.63, 3.8) is 0 Å². The molecule has 0 atom stereocenters. The van der Waals surface area contributed by atoms with E-state index in [1.807, 2.05) is 36.4 Å². The Balaban J connectivity index is 1.22. The average molecular weight is 628 g/mol. The Bertz CT molecular complexity index is 3100. The van der Waals surface area contributed by atoms with Crippen LogP contribution >= 0.6 is 0 Å². The molecule has 11 aromatic rings. The maximum absolute atomic E-state index is 6.77. The summed E-state index contributed by atoms with van der Waals surface area (Å²) in [5.41, 5.74) is 10.1. The summed E-state index contributed by atoms with van der Waals surface area (Å²) in [5.74, 6) is 0.606. The zero-order valence-electron chi connectivity index (χ0n) is 26.1. The van der Waals surface area contributed by atoms with Gasteiger partial charge in [-0.15, -0.1) is 0 Å². The Morgan fingerprint density at radius 2 is 1.16 bits per heavy atom. The van der Waals surface area contributed by atoms with Crippen molar-refractivity contribution in [2.75, 3.05) is 0 Å². The fourth-order valence-electron chi connectivity index (χ4n) is 7.71. The van der Waals surface area contributed by atoms with E-state index in [4.69, 9.17) is 18.8 Å². The molecular weight excluding hydrogens is 603 g/mol. The Hall–Kier alpha value is -6.72. The quantitative estimate of drug-likeness (QED) is 0.196. The monoisotopic (exact) mass is 627 g/mol. The van der Waals surface area contributed by atoms with Crippen molar-refractivity contribution < 1.29 is 8.83 Å². The third-order valence-corrected chi connectivity index (χ3v) is 9.81. The molecule has 0 bridgehead atoms. The lowest BCUT2D eigenvalue weighted by Crippen LogP contribution is -1.96. The molecule has 0 fully saturated rings. The lowest BCUT2D eigenvalue weighted by atomic mass is 10.0. The minimum atomic E-state index is 0.606. The summed E-state index contributed by atoms with van der Waals surface area (Å²) in [6.07, 6.45) is 0. The molecule has 49 heavy (non-hydrogen) atoms. The van der Waals surface area contributed by atoms with Crippen molar-refractivity contribution in [2.45, 2.75) is 0 Å². The summed E-state index contributed by atoms with van der Waals surface area (Å²) < 4.78 is 15.6. The van der Waals surface area contributed by atoms with Crippen LogP contribution < -0.4 is 0 Å². The number of para-hydroxylation sites is 4. The van der Waals surface area contributed by atoms with Crippen molar-refractivity contribution in [1.82, 2.24) is 14.5 Å². The highest BCUT2D eigenvalue weighted by atomic mass is 16.3. The summed E-state index contributed by atoms with van der Waals surface area (Å²) in [7, 11) is 0. The van der Waals surface area contributed by atoms with E-state index in [0.29, 0.717) is 5.82 Å². The number of fused-ring (bicyclic) bond motifs is 12. The van der Waals surface area contributed by atoms with E-state index >= 15 is 0 Å². The molecule has 0 aliphatic carbocycles. The summed E-state index contributed by atoms with van der Waals surface area (Å²) in [5, 5.41) is 7.51. The van der Waals surface area contributed by atoms with Crippen LogP contribution in [0.1, 0.15) is 0 Å².